The quantitative estimate of drug-likeness (QED) is 0.790. The molecule has 3 rings (SSSR count). The van der Waals surface area contributed by atoms with Crippen LogP contribution in [0.5, 0.6) is 11.5 Å². The van der Waals surface area contributed by atoms with Crippen LogP contribution in [0.4, 0.5) is 0 Å². The Labute approximate surface area is 120 Å². The molecule has 1 aromatic carbocycles. The van der Waals surface area contributed by atoms with Gasteiger partial charge in [0.15, 0.2) is 0 Å². The maximum atomic E-state index is 9.91. The van der Waals surface area contributed by atoms with Crippen LogP contribution in [-0.2, 0) is 0 Å². The molecule has 1 aliphatic carbocycles. The molecule has 0 spiro atoms. The molecule has 2 aliphatic rings. The van der Waals surface area contributed by atoms with Crippen LogP contribution in [0.1, 0.15) is 44.2 Å². The number of nitrogens with one attached hydrogen (secondary N) is 1. The molecule has 1 aliphatic heterocycles. The van der Waals surface area contributed by atoms with Gasteiger partial charge in [0.05, 0.1) is 0 Å². The molecule has 1 atom stereocenters. The highest BCUT2D eigenvalue weighted by Gasteiger charge is 2.32. The van der Waals surface area contributed by atoms with Crippen LogP contribution < -0.4 is 5.32 Å². The molecule has 0 radical (unpaired) electrons. The van der Waals surface area contributed by atoms with Crippen LogP contribution in [-0.4, -0.2) is 40.3 Å². The van der Waals surface area contributed by atoms with Crippen molar-refractivity contribution in [3.05, 3.63) is 23.8 Å². The van der Waals surface area contributed by atoms with E-state index in [0.717, 1.165) is 11.6 Å². The van der Waals surface area contributed by atoms with E-state index in [-0.39, 0.29) is 17.5 Å². The van der Waals surface area contributed by atoms with E-state index in [0.29, 0.717) is 6.04 Å². The summed E-state index contributed by atoms with van der Waals surface area (Å²) in [5.74, 6) is 0.275. The van der Waals surface area contributed by atoms with Crippen molar-refractivity contribution >= 4 is 0 Å². The Morgan fingerprint density at radius 3 is 2.45 bits per heavy atom. The molecule has 2 fully saturated rings. The van der Waals surface area contributed by atoms with Gasteiger partial charge in [-0.25, -0.2) is 0 Å². The molecule has 1 unspecified atom stereocenters. The Morgan fingerprint density at radius 2 is 1.85 bits per heavy atom. The van der Waals surface area contributed by atoms with Crippen molar-refractivity contribution in [1.82, 2.24) is 10.2 Å². The van der Waals surface area contributed by atoms with Crippen LogP contribution in [0.3, 0.4) is 0 Å². The topological polar surface area (TPSA) is 55.7 Å². The van der Waals surface area contributed by atoms with Gasteiger partial charge in [0.1, 0.15) is 11.5 Å². The van der Waals surface area contributed by atoms with Gasteiger partial charge in [0.25, 0.3) is 0 Å². The first-order valence-electron chi connectivity index (χ1n) is 7.65. The number of nitrogens with zero attached hydrogens (tertiary/aromatic N) is 1. The summed E-state index contributed by atoms with van der Waals surface area (Å²) in [5, 5.41) is 22.9. The highest BCUT2D eigenvalue weighted by molar-refractivity contribution is 5.40. The summed E-state index contributed by atoms with van der Waals surface area (Å²) in [7, 11) is 0. The summed E-state index contributed by atoms with van der Waals surface area (Å²) in [6.45, 7) is 4.45. The second kappa shape index (κ2) is 5.62. The highest BCUT2D eigenvalue weighted by atomic mass is 16.3. The maximum Gasteiger partial charge on any atom is 0.124 e. The van der Waals surface area contributed by atoms with Crippen molar-refractivity contribution in [3.8, 4) is 11.5 Å². The minimum Gasteiger partial charge on any atom is -0.508 e. The SMILES string of the molecule is CC(NC1CCN(C2CC2)CC1)c1ccc(O)cc1O. The van der Waals surface area contributed by atoms with Gasteiger partial charge in [-0.3, -0.25) is 0 Å². The van der Waals surface area contributed by atoms with E-state index in [1.807, 2.05) is 0 Å². The summed E-state index contributed by atoms with van der Waals surface area (Å²) >= 11 is 0. The van der Waals surface area contributed by atoms with E-state index < -0.39 is 0 Å². The Balaban J connectivity index is 1.54. The number of likely N-dealkylation sites (tertiary alicyclic amines) is 1. The molecule has 3 N–H and O–H groups in total. The second-order valence-corrected chi connectivity index (χ2v) is 6.17. The Kier molecular flexibility index (Phi) is 3.85. The van der Waals surface area contributed by atoms with Gasteiger partial charge < -0.3 is 20.4 Å². The number of phenolic OH excluding ortho intramolecular Hbond substituents is 2. The Morgan fingerprint density at radius 1 is 1.15 bits per heavy atom. The van der Waals surface area contributed by atoms with Crippen molar-refractivity contribution in [2.45, 2.75) is 50.7 Å². The standard InChI is InChI=1S/C16H24N2O2/c1-11(15-5-4-14(19)10-16(15)20)17-12-6-8-18(9-7-12)13-2-3-13/h4-5,10-13,17,19-20H,2-3,6-9H2,1H3. The number of piperidine rings is 1. The molecule has 4 heteroatoms. The number of rotatable bonds is 4. The third kappa shape index (κ3) is 3.07. The van der Waals surface area contributed by atoms with E-state index >= 15 is 0 Å². The van der Waals surface area contributed by atoms with Gasteiger partial charge >= 0.3 is 0 Å². The van der Waals surface area contributed by atoms with E-state index in [4.69, 9.17) is 0 Å². The van der Waals surface area contributed by atoms with Gasteiger partial charge in [-0.2, -0.15) is 0 Å². The van der Waals surface area contributed by atoms with Crippen LogP contribution >= 0.6 is 0 Å². The van der Waals surface area contributed by atoms with Crippen molar-refractivity contribution in [1.29, 1.82) is 0 Å². The fourth-order valence-electron chi connectivity index (χ4n) is 3.21. The first-order valence-corrected chi connectivity index (χ1v) is 7.65. The molecule has 0 bridgehead atoms. The minimum atomic E-state index is 0.105. The zero-order valence-corrected chi connectivity index (χ0v) is 12.0. The molecule has 1 aromatic rings. The van der Waals surface area contributed by atoms with Gasteiger partial charge in [0, 0.05) is 29.8 Å². The van der Waals surface area contributed by atoms with E-state index in [2.05, 4.69) is 17.1 Å². The lowest BCUT2D eigenvalue weighted by Gasteiger charge is -2.34. The molecule has 110 valence electrons. The fraction of sp³-hybridized carbons (Fsp3) is 0.625. The minimum absolute atomic E-state index is 0.105. The Hall–Kier alpha value is -1.26. The summed E-state index contributed by atoms with van der Waals surface area (Å²) in [5.41, 5.74) is 0.854. The van der Waals surface area contributed by atoms with Gasteiger partial charge in [-0.05, 0) is 51.8 Å². The lowest BCUT2D eigenvalue weighted by Crippen LogP contribution is -2.44. The molecule has 0 aromatic heterocycles. The lowest BCUT2D eigenvalue weighted by molar-refractivity contribution is 0.184. The first kappa shape index (κ1) is 13.7. The molecular weight excluding hydrogens is 252 g/mol. The van der Waals surface area contributed by atoms with Crippen LogP contribution in [0.15, 0.2) is 18.2 Å². The summed E-state index contributed by atoms with van der Waals surface area (Å²) in [6.07, 6.45) is 5.13. The number of phenols is 2. The zero-order valence-electron chi connectivity index (χ0n) is 12.0. The molecule has 1 saturated carbocycles. The molecule has 0 amide bonds. The molecular formula is C16H24N2O2. The van der Waals surface area contributed by atoms with Crippen molar-refractivity contribution in [3.63, 3.8) is 0 Å². The van der Waals surface area contributed by atoms with Crippen LogP contribution in [0.25, 0.3) is 0 Å². The summed E-state index contributed by atoms with van der Waals surface area (Å²) in [6, 6.07) is 6.32. The van der Waals surface area contributed by atoms with Gasteiger partial charge in [0.2, 0.25) is 0 Å². The monoisotopic (exact) mass is 276 g/mol. The van der Waals surface area contributed by atoms with Crippen molar-refractivity contribution in [2.75, 3.05) is 13.1 Å². The van der Waals surface area contributed by atoms with E-state index in [1.54, 1.807) is 12.1 Å². The normalized spacial score (nSPS) is 22.9. The zero-order chi connectivity index (χ0) is 14.1. The maximum absolute atomic E-state index is 9.91. The van der Waals surface area contributed by atoms with E-state index in [9.17, 15) is 10.2 Å². The molecule has 1 heterocycles. The number of aromatic hydroxyl groups is 2. The van der Waals surface area contributed by atoms with Gasteiger partial charge in [-0.15, -0.1) is 0 Å². The average molecular weight is 276 g/mol. The van der Waals surface area contributed by atoms with Crippen LogP contribution in [0, 0.1) is 0 Å². The molecule has 1 saturated heterocycles. The smallest absolute Gasteiger partial charge is 0.124 e. The number of benzene rings is 1. The van der Waals surface area contributed by atoms with Crippen molar-refractivity contribution in [2.24, 2.45) is 0 Å². The number of hydrogen-bond donors (Lipinski definition) is 3. The Bertz CT molecular complexity index is 466. The van der Waals surface area contributed by atoms with Crippen molar-refractivity contribution < 1.29 is 10.2 Å². The highest BCUT2D eigenvalue weighted by Crippen LogP contribution is 2.31. The van der Waals surface area contributed by atoms with Crippen LogP contribution in [0.2, 0.25) is 0 Å². The third-order valence-electron chi connectivity index (χ3n) is 4.56. The predicted molar refractivity (Wildman–Crippen MR) is 78.9 cm³/mol. The first-order chi connectivity index (χ1) is 9.63. The lowest BCUT2D eigenvalue weighted by atomic mass is 10.0. The average Bonchev–Trinajstić information content (AvgIpc) is 3.23. The molecule has 4 nitrogen and oxygen atoms in total. The predicted octanol–water partition coefficient (Wildman–Crippen LogP) is 2.38. The molecule has 20 heavy (non-hydrogen) atoms. The van der Waals surface area contributed by atoms with Gasteiger partial charge in [-0.1, -0.05) is 6.07 Å². The second-order valence-electron chi connectivity index (χ2n) is 6.17. The number of hydrogen-bond acceptors (Lipinski definition) is 4. The largest absolute Gasteiger partial charge is 0.508 e. The van der Waals surface area contributed by atoms with E-state index in [1.165, 1.54) is 44.8 Å². The fourth-order valence-corrected chi connectivity index (χ4v) is 3.21. The third-order valence-corrected chi connectivity index (χ3v) is 4.56. The summed E-state index contributed by atoms with van der Waals surface area (Å²) < 4.78 is 0. The summed E-state index contributed by atoms with van der Waals surface area (Å²) in [4.78, 5) is 2.61.